The van der Waals surface area contributed by atoms with Crippen LogP contribution >= 0.6 is 11.8 Å². The Kier molecular flexibility index (Phi) is 5.08. The van der Waals surface area contributed by atoms with E-state index < -0.39 is 6.04 Å². The van der Waals surface area contributed by atoms with Crippen LogP contribution in [-0.2, 0) is 9.59 Å². The lowest BCUT2D eigenvalue weighted by Crippen LogP contribution is -2.62. The predicted octanol–water partition coefficient (Wildman–Crippen LogP) is 1.50. The molecule has 18 heavy (non-hydrogen) atoms. The quantitative estimate of drug-likeness (QED) is 0.844. The van der Waals surface area contributed by atoms with Crippen molar-refractivity contribution >= 4 is 23.6 Å². The van der Waals surface area contributed by atoms with Gasteiger partial charge in [-0.1, -0.05) is 27.7 Å². The van der Waals surface area contributed by atoms with E-state index in [1.165, 1.54) is 0 Å². The van der Waals surface area contributed by atoms with Gasteiger partial charge in [-0.2, -0.15) is 11.8 Å². The molecule has 1 saturated heterocycles. The third-order valence-electron chi connectivity index (χ3n) is 3.27. The first kappa shape index (κ1) is 15.3. The summed E-state index contributed by atoms with van der Waals surface area (Å²) in [6, 6.07) is -0.400. The van der Waals surface area contributed by atoms with E-state index >= 15 is 0 Å². The number of nitrogens with one attached hydrogen (secondary N) is 1. The van der Waals surface area contributed by atoms with Crippen molar-refractivity contribution < 1.29 is 9.59 Å². The Morgan fingerprint density at radius 3 is 2.56 bits per heavy atom. The molecule has 1 N–H and O–H groups in total. The monoisotopic (exact) mass is 272 g/mol. The summed E-state index contributed by atoms with van der Waals surface area (Å²) in [5.41, 5.74) is -0.240. The van der Waals surface area contributed by atoms with Crippen LogP contribution in [0, 0.1) is 5.41 Å². The second-order valence-electron chi connectivity index (χ2n) is 5.96. The summed E-state index contributed by atoms with van der Waals surface area (Å²) in [6.07, 6.45) is 2.99. The molecule has 104 valence electrons. The van der Waals surface area contributed by atoms with Crippen molar-refractivity contribution in [2.45, 2.75) is 45.4 Å². The Hall–Kier alpha value is -0.710. The molecular weight excluding hydrogens is 248 g/mol. The largest absolute Gasteiger partial charge is 0.342 e. The molecule has 0 aliphatic carbocycles. The van der Waals surface area contributed by atoms with Crippen molar-refractivity contribution in [1.82, 2.24) is 10.2 Å². The summed E-state index contributed by atoms with van der Waals surface area (Å²) in [4.78, 5) is 25.7. The molecule has 0 aromatic heterocycles. The summed E-state index contributed by atoms with van der Waals surface area (Å²) in [6.45, 7) is 8.94. The van der Waals surface area contributed by atoms with Gasteiger partial charge in [-0.05, 0) is 18.1 Å². The van der Waals surface area contributed by atoms with Gasteiger partial charge in [0.15, 0.2) is 0 Å². The van der Waals surface area contributed by atoms with E-state index in [9.17, 15) is 9.59 Å². The maximum absolute atomic E-state index is 12.3. The topological polar surface area (TPSA) is 49.4 Å². The number of rotatable bonds is 4. The van der Waals surface area contributed by atoms with Crippen molar-refractivity contribution in [3.8, 4) is 0 Å². The molecule has 4 nitrogen and oxygen atoms in total. The molecular formula is C13H24N2O2S. The molecule has 1 aliphatic rings. The molecule has 0 saturated carbocycles. The molecule has 1 rings (SSSR count). The van der Waals surface area contributed by atoms with Gasteiger partial charge in [0, 0.05) is 11.8 Å². The van der Waals surface area contributed by atoms with E-state index in [2.05, 4.69) is 18.5 Å². The highest BCUT2D eigenvalue weighted by Crippen LogP contribution is 2.23. The van der Waals surface area contributed by atoms with Gasteiger partial charge in [0.05, 0.1) is 6.54 Å². The van der Waals surface area contributed by atoms with E-state index in [1.807, 2.05) is 20.8 Å². The van der Waals surface area contributed by atoms with Crippen LogP contribution in [-0.4, -0.2) is 47.4 Å². The molecule has 1 fully saturated rings. The van der Waals surface area contributed by atoms with E-state index in [1.54, 1.807) is 16.7 Å². The normalized spacial score (nSPS) is 22.9. The van der Waals surface area contributed by atoms with Gasteiger partial charge >= 0.3 is 0 Å². The Morgan fingerprint density at radius 1 is 1.44 bits per heavy atom. The second-order valence-corrected chi connectivity index (χ2v) is 7.24. The number of nitrogens with zero attached hydrogens (tertiary/aromatic N) is 1. The fraction of sp³-hybridized carbons (Fsp3) is 0.846. The minimum atomic E-state index is -0.400. The summed E-state index contributed by atoms with van der Waals surface area (Å²) in [7, 11) is 0. The lowest BCUT2D eigenvalue weighted by Gasteiger charge is -2.39. The van der Waals surface area contributed by atoms with Crippen molar-refractivity contribution in [3.63, 3.8) is 0 Å². The van der Waals surface area contributed by atoms with Crippen molar-refractivity contribution in [1.29, 1.82) is 0 Å². The zero-order chi connectivity index (χ0) is 13.9. The van der Waals surface area contributed by atoms with E-state index in [0.717, 1.165) is 6.42 Å². The zero-order valence-electron chi connectivity index (χ0n) is 11.9. The number of thioether (sulfide) groups is 1. The maximum Gasteiger partial charge on any atom is 0.246 e. The van der Waals surface area contributed by atoms with Gasteiger partial charge < -0.3 is 10.2 Å². The summed E-state index contributed by atoms with van der Waals surface area (Å²) >= 11 is 1.78. The molecule has 0 spiro atoms. The van der Waals surface area contributed by atoms with Gasteiger partial charge in [0.25, 0.3) is 0 Å². The van der Waals surface area contributed by atoms with Crippen LogP contribution in [0.2, 0.25) is 0 Å². The Bertz CT molecular complexity index is 325. The predicted molar refractivity (Wildman–Crippen MR) is 75.6 cm³/mol. The number of hydrogen-bond donors (Lipinski definition) is 1. The van der Waals surface area contributed by atoms with Crippen LogP contribution in [0.4, 0.5) is 0 Å². The Morgan fingerprint density at radius 2 is 2.06 bits per heavy atom. The van der Waals surface area contributed by atoms with Crippen LogP contribution in [0.1, 0.15) is 34.1 Å². The second kappa shape index (κ2) is 5.95. The van der Waals surface area contributed by atoms with Gasteiger partial charge in [-0.3, -0.25) is 9.59 Å². The molecule has 0 aromatic rings. The van der Waals surface area contributed by atoms with Crippen molar-refractivity contribution in [2.75, 3.05) is 19.3 Å². The minimum absolute atomic E-state index is 0.0497. The lowest BCUT2D eigenvalue weighted by molar-refractivity contribution is -0.147. The Labute approximate surface area is 114 Å². The highest BCUT2D eigenvalue weighted by Gasteiger charge is 2.39. The van der Waals surface area contributed by atoms with E-state index in [-0.39, 0.29) is 23.8 Å². The van der Waals surface area contributed by atoms with Crippen LogP contribution in [0.25, 0.3) is 0 Å². The molecule has 0 radical (unpaired) electrons. The van der Waals surface area contributed by atoms with E-state index in [4.69, 9.17) is 0 Å². The Balaban J connectivity index is 2.68. The van der Waals surface area contributed by atoms with Crippen molar-refractivity contribution in [2.24, 2.45) is 5.41 Å². The van der Waals surface area contributed by atoms with Gasteiger partial charge in [-0.25, -0.2) is 0 Å². The van der Waals surface area contributed by atoms with Gasteiger partial charge in [-0.15, -0.1) is 0 Å². The lowest BCUT2D eigenvalue weighted by atomic mass is 9.84. The highest BCUT2D eigenvalue weighted by molar-refractivity contribution is 7.99. The maximum atomic E-state index is 12.3. The average Bonchev–Trinajstić information content (AvgIpc) is 2.27. The molecule has 2 amide bonds. The summed E-state index contributed by atoms with van der Waals surface area (Å²) in [5, 5.41) is 3.31. The fourth-order valence-electron chi connectivity index (χ4n) is 1.93. The van der Waals surface area contributed by atoms with Crippen LogP contribution in [0.3, 0.4) is 0 Å². The average molecular weight is 272 g/mol. The highest BCUT2D eigenvalue weighted by atomic mass is 32.2. The number of carbonyl (C=O) groups is 2. The summed E-state index contributed by atoms with van der Waals surface area (Å²) in [5.74, 6) is 0.00160. The van der Waals surface area contributed by atoms with Gasteiger partial charge in [0.2, 0.25) is 11.8 Å². The standard InChI is InChI=1S/C13H24N2O2S/c1-9(18-5)6-7-15-8-10(16)14-11(12(15)17)13(2,3)4/h9,11H,6-8H2,1-5H3,(H,14,16). The SMILES string of the molecule is CSC(C)CCN1CC(=O)NC(C(C)(C)C)C1=O. The van der Waals surface area contributed by atoms with Crippen molar-refractivity contribution in [3.05, 3.63) is 0 Å². The zero-order valence-corrected chi connectivity index (χ0v) is 12.8. The first-order valence-electron chi connectivity index (χ1n) is 6.36. The molecule has 1 aliphatic heterocycles. The number of amides is 2. The molecule has 1 heterocycles. The number of piperazine rings is 1. The third-order valence-corrected chi connectivity index (χ3v) is 4.31. The van der Waals surface area contributed by atoms with Gasteiger partial charge in [0.1, 0.15) is 6.04 Å². The molecule has 2 atom stereocenters. The number of carbonyl (C=O) groups excluding carboxylic acids is 2. The molecule has 0 bridgehead atoms. The molecule has 5 heteroatoms. The van der Waals surface area contributed by atoms with Crippen LogP contribution < -0.4 is 5.32 Å². The van der Waals surface area contributed by atoms with Crippen LogP contribution in [0.5, 0.6) is 0 Å². The first-order chi connectivity index (χ1) is 8.25. The van der Waals surface area contributed by atoms with E-state index in [0.29, 0.717) is 11.8 Å². The minimum Gasteiger partial charge on any atom is -0.342 e. The molecule has 2 unspecified atom stereocenters. The fourth-order valence-corrected chi connectivity index (χ4v) is 2.27. The third kappa shape index (κ3) is 3.90. The first-order valence-corrected chi connectivity index (χ1v) is 7.65. The smallest absolute Gasteiger partial charge is 0.246 e. The van der Waals surface area contributed by atoms with Crippen LogP contribution in [0.15, 0.2) is 0 Å². The number of hydrogen-bond acceptors (Lipinski definition) is 3. The summed E-state index contributed by atoms with van der Waals surface area (Å²) < 4.78 is 0. The molecule has 0 aromatic carbocycles.